The molecule has 0 aliphatic rings. The Labute approximate surface area is 645 Å². The summed E-state index contributed by atoms with van der Waals surface area (Å²) in [7, 11) is -9.93. The van der Waals surface area contributed by atoms with E-state index in [9.17, 15) is 43.2 Å². The van der Waals surface area contributed by atoms with Crippen molar-refractivity contribution in [1.82, 2.24) is 0 Å². The van der Waals surface area contributed by atoms with Crippen molar-refractivity contribution in [2.45, 2.75) is 471 Å². The summed E-state index contributed by atoms with van der Waals surface area (Å²) in [5.74, 6) is 0.315. The molecule has 0 saturated carbocycles. The maximum atomic E-state index is 13.1. The summed E-state index contributed by atoms with van der Waals surface area (Å²) < 4.78 is 68.9. The highest BCUT2D eigenvalue weighted by Crippen LogP contribution is 2.45. The number of phosphoric ester groups is 2. The van der Waals surface area contributed by atoms with Crippen molar-refractivity contribution in [3.63, 3.8) is 0 Å². The molecule has 0 radical (unpaired) electrons. The largest absolute Gasteiger partial charge is 0.472 e. The van der Waals surface area contributed by atoms with Gasteiger partial charge in [-0.15, -0.1) is 0 Å². The van der Waals surface area contributed by atoms with Gasteiger partial charge in [-0.05, 0) is 43.4 Å². The number of ether oxygens (including phenoxy) is 4. The molecule has 0 aromatic heterocycles. The number of aliphatic hydroxyl groups excluding tert-OH is 1. The normalized spacial score (nSPS) is 14.4. The lowest BCUT2D eigenvalue weighted by Crippen LogP contribution is -2.30. The van der Waals surface area contributed by atoms with Crippen molar-refractivity contribution in [3.05, 3.63) is 0 Å². The van der Waals surface area contributed by atoms with Crippen LogP contribution in [-0.4, -0.2) is 96.7 Å². The Kier molecular flexibility index (Phi) is 74.7. The van der Waals surface area contributed by atoms with E-state index < -0.39 is 97.5 Å². The molecule has 19 heteroatoms. The van der Waals surface area contributed by atoms with Gasteiger partial charge in [-0.25, -0.2) is 9.13 Å². The number of hydrogen-bond donors (Lipinski definition) is 3. The van der Waals surface area contributed by atoms with Gasteiger partial charge >= 0.3 is 39.5 Å². The second-order valence-electron chi connectivity index (χ2n) is 31.9. The molecule has 105 heavy (non-hydrogen) atoms. The molecule has 0 aliphatic heterocycles. The summed E-state index contributed by atoms with van der Waals surface area (Å²) in [5.41, 5.74) is 0. The van der Waals surface area contributed by atoms with Crippen molar-refractivity contribution < 1.29 is 80.2 Å². The van der Waals surface area contributed by atoms with Crippen LogP contribution in [0.25, 0.3) is 0 Å². The summed E-state index contributed by atoms with van der Waals surface area (Å²) in [6.07, 6.45) is 66.4. The molecule has 0 fully saturated rings. The average Bonchev–Trinajstić information content (AvgIpc) is 1.02. The number of carbonyl (C=O) groups excluding carboxylic acids is 4. The minimum absolute atomic E-state index is 0.107. The van der Waals surface area contributed by atoms with Crippen molar-refractivity contribution in [2.75, 3.05) is 39.6 Å². The highest BCUT2D eigenvalue weighted by Gasteiger charge is 2.30. The van der Waals surface area contributed by atoms with E-state index in [1.165, 1.54) is 263 Å². The van der Waals surface area contributed by atoms with E-state index in [4.69, 9.17) is 37.0 Å². The summed E-state index contributed by atoms with van der Waals surface area (Å²) in [6, 6.07) is 0. The molecule has 17 nitrogen and oxygen atoms in total. The zero-order valence-electron chi connectivity index (χ0n) is 69.2. The number of unbranched alkanes of at least 4 members (excludes halogenated alkanes) is 50. The first-order valence-electron chi connectivity index (χ1n) is 44.4. The van der Waals surface area contributed by atoms with Gasteiger partial charge in [0, 0.05) is 25.7 Å². The summed E-state index contributed by atoms with van der Waals surface area (Å²) >= 11 is 0. The average molecular weight is 1540 g/mol. The molecular weight excluding hydrogens is 1370 g/mol. The van der Waals surface area contributed by atoms with Crippen LogP contribution in [0.3, 0.4) is 0 Å². The lowest BCUT2D eigenvalue weighted by atomic mass is 9.99. The topological polar surface area (TPSA) is 237 Å². The number of carbonyl (C=O) groups is 4. The molecular formula is C86H168O17P2. The summed E-state index contributed by atoms with van der Waals surface area (Å²) in [5, 5.41) is 10.7. The van der Waals surface area contributed by atoms with Crippen LogP contribution < -0.4 is 0 Å². The molecule has 0 aromatic carbocycles. The molecule has 0 saturated heterocycles. The smallest absolute Gasteiger partial charge is 0.462 e. The van der Waals surface area contributed by atoms with Crippen molar-refractivity contribution >= 4 is 39.5 Å². The van der Waals surface area contributed by atoms with Crippen LogP contribution in [0.5, 0.6) is 0 Å². The second kappa shape index (κ2) is 76.1. The van der Waals surface area contributed by atoms with Crippen molar-refractivity contribution in [2.24, 2.45) is 17.8 Å². The van der Waals surface area contributed by atoms with Crippen LogP contribution in [0.15, 0.2) is 0 Å². The lowest BCUT2D eigenvalue weighted by molar-refractivity contribution is -0.161. The van der Waals surface area contributed by atoms with Crippen LogP contribution >= 0.6 is 15.6 Å². The Balaban J connectivity index is 5.27. The lowest BCUT2D eigenvalue weighted by Gasteiger charge is -2.21. The molecule has 0 rings (SSSR count). The third-order valence-electron chi connectivity index (χ3n) is 20.9. The van der Waals surface area contributed by atoms with Gasteiger partial charge in [-0.2, -0.15) is 0 Å². The first-order chi connectivity index (χ1) is 50.8. The van der Waals surface area contributed by atoms with E-state index in [1.54, 1.807) is 0 Å². The Bertz CT molecular complexity index is 2030. The fourth-order valence-corrected chi connectivity index (χ4v) is 14.9. The van der Waals surface area contributed by atoms with Crippen LogP contribution in [0.4, 0.5) is 0 Å². The van der Waals surface area contributed by atoms with Crippen LogP contribution in [0.1, 0.15) is 453 Å². The zero-order chi connectivity index (χ0) is 77.2. The SMILES string of the molecule is CCCCCCCCCCCCCCCCCCCCC(=O)OC[C@H](COP(=O)(O)OC[C@@H](O)COP(=O)(O)OC[C@@H](COC(=O)CCCCCCCCCCC(C)CC)OC(=O)CCCCCCCCCCCCCCCCC(C)C)OC(=O)CCCCCCCCCCCCCCCCC(C)CC. The summed E-state index contributed by atoms with van der Waals surface area (Å²) in [6.45, 7) is 12.1. The first-order valence-corrected chi connectivity index (χ1v) is 47.4. The maximum absolute atomic E-state index is 13.1. The monoisotopic (exact) mass is 1540 g/mol. The molecule has 4 unspecified atom stereocenters. The van der Waals surface area contributed by atoms with Gasteiger partial charge < -0.3 is 33.8 Å². The zero-order valence-corrected chi connectivity index (χ0v) is 71.0. The third-order valence-corrected chi connectivity index (χ3v) is 22.8. The van der Waals surface area contributed by atoms with E-state index in [2.05, 4.69) is 48.5 Å². The van der Waals surface area contributed by atoms with Crippen LogP contribution in [0.2, 0.25) is 0 Å². The van der Waals surface area contributed by atoms with E-state index in [1.807, 2.05) is 0 Å². The standard InChI is InChI=1S/C86H168O17P2/c1-8-11-12-13-14-15-16-17-18-19-20-21-28-33-38-46-53-60-67-83(88)96-73-81(102-85(90)70-63-56-49-40-35-30-25-23-27-32-37-44-51-58-65-78(6)9-2)75-100-104(92,93)98-71-80(87)72-99-105(94,95)101-76-82(74-97-84(89)68-61-54-47-42-41-45-52-59-66-79(7)10-3)103-86(91)69-62-55-48-39-34-29-24-22-26-31-36-43-50-57-64-77(4)5/h77-82,87H,8-76H2,1-7H3,(H,92,93)(H,94,95)/t78?,79?,80-,81-,82-/m1/s1. The number of hydrogen-bond acceptors (Lipinski definition) is 15. The molecule has 0 aromatic rings. The van der Waals surface area contributed by atoms with Gasteiger partial charge in [-0.3, -0.25) is 37.3 Å². The van der Waals surface area contributed by atoms with Gasteiger partial charge in [0.25, 0.3) is 0 Å². The number of esters is 4. The Hall–Kier alpha value is -1.94. The molecule has 7 atom stereocenters. The molecule has 624 valence electrons. The van der Waals surface area contributed by atoms with Gasteiger partial charge in [0.2, 0.25) is 0 Å². The molecule has 0 heterocycles. The van der Waals surface area contributed by atoms with Crippen LogP contribution in [0, 0.1) is 17.8 Å². The molecule has 0 aliphatic carbocycles. The van der Waals surface area contributed by atoms with Crippen molar-refractivity contribution in [3.8, 4) is 0 Å². The van der Waals surface area contributed by atoms with Gasteiger partial charge in [0.05, 0.1) is 26.4 Å². The molecule has 0 spiro atoms. The third kappa shape index (κ3) is 77.2. The minimum atomic E-state index is -4.97. The van der Waals surface area contributed by atoms with Gasteiger partial charge in [-0.1, -0.05) is 402 Å². The van der Waals surface area contributed by atoms with E-state index >= 15 is 0 Å². The molecule has 3 N–H and O–H groups in total. The quantitative estimate of drug-likeness (QED) is 0.0222. The first kappa shape index (κ1) is 103. The highest BCUT2D eigenvalue weighted by molar-refractivity contribution is 7.47. The maximum Gasteiger partial charge on any atom is 0.472 e. The molecule has 0 bridgehead atoms. The fraction of sp³-hybridized carbons (Fsp3) is 0.953. The van der Waals surface area contributed by atoms with E-state index in [0.29, 0.717) is 25.7 Å². The second-order valence-corrected chi connectivity index (χ2v) is 34.8. The summed E-state index contributed by atoms with van der Waals surface area (Å²) in [4.78, 5) is 73.3. The van der Waals surface area contributed by atoms with E-state index in [-0.39, 0.29) is 25.7 Å². The Morgan fingerprint density at radius 3 is 0.724 bits per heavy atom. The number of aliphatic hydroxyl groups is 1. The highest BCUT2D eigenvalue weighted by atomic mass is 31.2. The minimum Gasteiger partial charge on any atom is -0.462 e. The Morgan fingerprint density at radius 1 is 0.276 bits per heavy atom. The molecule has 0 amide bonds. The number of rotatable bonds is 84. The van der Waals surface area contributed by atoms with Gasteiger partial charge in [0.15, 0.2) is 12.2 Å². The van der Waals surface area contributed by atoms with Crippen LogP contribution in [-0.2, 0) is 65.4 Å². The fourth-order valence-electron chi connectivity index (χ4n) is 13.3. The predicted octanol–water partition coefficient (Wildman–Crippen LogP) is 26.1. The Morgan fingerprint density at radius 2 is 0.486 bits per heavy atom. The van der Waals surface area contributed by atoms with E-state index in [0.717, 1.165) is 108 Å². The van der Waals surface area contributed by atoms with Gasteiger partial charge in [0.1, 0.15) is 19.3 Å². The van der Waals surface area contributed by atoms with Crippen molar-refractivity contribution in [1.29, 1.82) is 0 Å². The predicted molar refractivity (Wildman–Crippen MR) is 432 cm³/mol. The number of phosphoric acid groups is 2.